The van der Waals surface area contributed by atoms with Crippen molar-refractivity contribution in [1.82, 2.24) is 0 Å². The average molecular weight is 279 g/mol. The molecule has 0 radical (unpaired) electrons. The van der Waals surface area contributed by atoms with Gasteiger partial charge in [-0.3, -0.25) is 0 Å². The van der Waals surface area contributed by atoms with Crippen LogP contribution in [0.2, 0.25) is 0 Å². The van der Waals surface area contributed by atoms with Crippen LogP contribution in [-0.4, -0.2) is 31.8 Å². The van der Waals surface area contributed by atoms with Gasteiger partial charge < -0.3 is 9.47 Å². The average Bonchev–Trinajstić information content (AvgIpc) is 2.78. The Labute approximate surface area is 102 Å². The van der Waals surface area contributed by atoms with Crippen LogP contribution >= 0.6 is 15.9 Å². The van der Waals surface area contributed by atoms with E-state index in [4.69, 9.17) is 9.47 Å². The third-order valence-corrected chi connectivity index (χ3v) is 4.76. The molecule has 2 nitrogen and oxygen atoms in total. The van der Waals surface area contributed by atoms with E-state index >= 15 is 0 Å². The summed E-state index contributed by atoms with van der Waals surface area (Å²) in [6.07, 6.45) is 3.52. The van der Waals surface area contributed by atoms with Crippen LogP contribution in [0.25, 0.3) is 0 Å². The smallest absolute Gasteiger partial charge is 0.0530 e. The number of hydrogen-bond acceptors (Lipinski definition) is 2. The van der Waals surface area contributed by atoms with Crippen molar-refractivity contribution in [2.75, 3.05) is 31.8 Å². The van der Waals surface area contributed by atoms with Gasteiger partial charge in [0, 0.05) is 23.3 Å². The van der Waals surface area contributed by atoms with Gasteiger partial charge in [0.25, 0.3) is 0 Å². The highest BCUT2D eigenvalue weighted by atomic mass is 79.9. The number of alkyl halides is 1. The summed E-state index contributed by atoms with van der Waals surface area (Å²) in [6, 6.07) is 0. The minimum Gasteiger partial charge on any atom is -0.381 e. The Morgan fingerprint density at radius 1 is 1.40 bits per heavy atom. The third kappa shape index (κ3) is 4.04. The summed E-state index contributed by atoms with van der Waals surface area (Å²) in [4.78, 5) is 0. The van der Waals surface area contributed by atoms with Crippen molar-refractivity contribution in [3.05, 3.63) is 0 Å². The van der Waals surface area contributed by atoms with Gasteiger partial charge in [0.1, 0.15) is 0 Å². The van der Waals surface area contributed by atoms with Crippen LogP contribution in [-0.2, 0) is 9.47 Å². The molecular formula is C12H23BrO2. The normalized spacial score (nSPS) is 22.2. The predicted octanol–water partition coefficient (Wildman–Crippen LogP) is 3.24. The second-order valence-corrected chi connectivity index (χ2v) is 5.15. The van der Waals surface area contributed by atoms with Crippen molar-refractivity contribution in [1.29, 1.82) is 0 Å². The summed E-state index contributed by atoms with van der Waals surface area (Å²) in [7, 11) is 0. The van der Waals surface area contributed by atoms with Crippen molar-refractivity contribution in [3.8, 4) is 0 Å². The lowest BCUT2D eigenvalue weighted by Gasteiger charge is -2.29. The largest absolute Gasteiger partial charge is 0.381 e. The zero-order chi connectivity index (χ0) is 11.1. The number of halogens is 1. The zero-order valence-electron chi connectivity index (χ0n) is 9.93. The zero-order valence-corrected chi connectivity index (χ0v) is 11.5. The van der Waals surface area contributed by atoms with E-state index in [1.54, 1.807) is 0 Å². The topological polar surface area (TPSA) is 18.5 Å². The molecule has 0 saturated carbocycles. The molecule has 1 saturated heterocycles. The van der Waals surface area contributed by atoms with Gasteiger partial charge in [0.2, 0.25) is 0 Å². The molecule has 15 heavy (non-hydrogen) atoms. The van der Waals surface area contributed by atoms with Crippen molar-refractivity contribution < 1.29 is 9.47 Å². The molecule has 1 unspecified atom stereocenters. The van der Waals surface area contributed by atoms with Gasteiger partial charge in [-0.25, -0.2) is 0 Å². The second kappa shape index (κ2) is 6.87. The number of ether oxygens (including phenoxy) is 2. The highest BCUT2D eigenvalue weighted by Crippen LogP contribution is 2.29. The lowest BCUT2D eigenvalue weighted by molar-refractivity contribution is 0.0288. The van der Waals surface area contributed by atoms with E-state index in [0.717, 1.165) is 31.8 Å². The first-order valence-corrected chi connectivity index (χ1v) is 7.10. The third-order valence-electron chi connectivity index (χ3n) is 3.57. The Bertz CT molecular complexity index is 155. The minimum absolute atomic E-state index is 0.333. The molecular weight excluding hydrogens is 256 g/mol. The van der Waals surface area contributed by atoms with Gasteiger partial charge in [-0.1, -0.05) is 29.8 Å². The molecule has 0 aromatic rings. The summed E-state index contributed by atoms with van der Waals surface area (Å²) >= 11 is 3.60. The van der Waals surface area contributed by atoms with Crippen molar-refractivity contribution in [2.24, 2.45) is 11.3 Å². The Morgan fingerprint density at radius 2 is 2.13 bits per heavy atom. The van der Waals surface area contributed by atoms with Gasteiger partial charge in [-0.15, -0.1) is 0 Å². The van der Waals surface area contributed by atoms with Gasteiger partial charge in [-0.2, -0.15) is 0 Å². The van der Waals surface area contributed by atoms with Crippen molar-refractivity contribution in [2.45, 2.75) is 33.1 Å². The molecule has 0 spiro atoms. The molecule has 3 heteroatoms. The Hall–Kier alpha value is 0.400. The standard InChI is InChI=1S/C12H23BrO2/c1-3-12(4-2,9-13)10-15-8-11-5-6-14-7-11/h11H,3-10H2,1-2H3. The molecule has 90 valence electrons. The van der Waals surface area contributed by atoms with Gasteiger partial charge in [0.15, 0.2) is 0 Å². The molecule has 0 aromatic heterocycles. The first-order chi connectivity index (χ1) is 7.26. The maximum Gasteiger partial charge on any atom is 0.0530 e. The molecule has 1 aliphatic rings. The fourth-order valence-corrected chi connectivity index (χ4v) is 2.79. The molecule has 0 N–H and O–H groups in total. The Kier molecular flexibility index (Phi) is 6.17. The van der Waals surface area contributed by atoms with Crippen molar-refractivity contribution >= 4 is 15.9 Å². The van der Waals surface area contributed by atoms with Crippen LogP contribution in [0.1, 0.15) is 33.1 Å². The molecule has 0 aliphatic carbocycles. The summed E-state index contributed by atoms with van der Waals surface area (Å²) in [5.74, 6) is 0.631. The summed E-state index contributed by atoms with van der Waals surface area (Å²) in [6.45, 7) is 8.04. The highest BCUT2D eigenvalue weighted by molar-refractivity contribution is 9.09. The van der Waals surface area contributed by atoms with E-state index in [2.05, 4.69) is 29.8 Å². The Morgan fingerprint density at radius 3 is 2.60 bits per heavy atom. The first-order valence-electron chi connectivity index (χ1n) is 5.98. The summed E-state index contributed by atoms with van der Waals surface area (Å²) in [5.41, 5.74) is 0.333. The quantitative estimate of drug-likeness (QED) is 0.666. The summed E-state index contributed by atoms with van der Waals surface area (Å²) in [5, 5.41) is 1.04. The van der Waals surface area contributed by atoms with E-state index in [1.165, 1.54) is 19.3 Å². The van der Waals surface area contributed by atoms with E-state index in [1.807, 2.05) is 0 Å². The molecule has 1 fully saturated rings. The lowest BCUT2D eigenvalue weighted by atomic mass is 9.86. The van der Waals surface area contributed by atoms with Gasteiger partial charge >= 0.3 is 0 Å². The second-order valence-electron chi connectivity index (χ2n) is 4.59. The monoisotopic (exact) mass is 278 g/mol. The van der Waals surface area contributed by atoms with Gasteiger partial charge in [0.05, 0.1) is 19.8 Å². The highest BCUT2D eigenvalue weighted by Gasteiger charge is 2.26. The fraction of sp³-hybridized carbons (Fsp3) is 1.00. The van der Waals surface area contributed by atoms with Crippen LogP contribution in [0.5, 0.6) is 0 Å². The van der Waals surface area contributed by atoms with E-state index in [0.29, 0.717) is 11.3 Å². The molecule has 0 bridgehead atoms. The lowest BCUT2D eigenvalue weighted by Crippen LogP contribution is -2.28. The number of hydrogen-bond donors (Lipinski definition) is 0. The van der Waals surface area contributed by atoms with Crippen LogP contribution in [0.15, 0.2) is 0 Å². The van der Waals surface area contributed by atoms with Crippen LogP contribution < -0.4 is 0 Å². The molecule has 1 rings (SSSR count). The van der Waals surface area contributed by atoms with Crippen LogP contribution in [0.4, 0.5) is 0 Å². The van der Waals surface area contributed by atoms with Crippen LogP contribution in [0, 0.1) is 11.3 Å². The number of rotatable bonds is 7. The molecule has 1 heterocycles. The Balaban J connectivity index is 2.21. The summed E-state index contributed by atoms with van der Waals surface area (Å²) < 4.78 is 11.2. The van der Waals surface area contributed by atoms with E-state index < -0.39 is 0 Å². The minimum atomic E-state index is 0.333. The van der Waals surface area contributed by atoms with Crippen molar-refractivity contribution in [3.63, 3.8) is 0 Å². The van der Waals surface area contributed by atoms with E-state index in [9.17, 15) is 0 Å². The maximum absolute atomic E-state index is 5.85. The first kappa shape index (κ1) is 13.5. The molecule has 0 amide bonds. The molecule has 0 aromatic carbocycles. The maximum atomic E-state index is 5.85. The fourth-order valence-electron chi connectivity index (χ4n) is 1.84. The van der Waals surface area contributed by atoms with Gasteiger partial charge in [-0.05, 0) is 19.3 Å². The molecule has 1 atom stereocenters. The molecule has 1 aliphatic heterocycles. The van der Waals surface area contributed by atoms with E-state index in [-0.39, 0.29) is 0 Å². The predicted molar refractivity (Wildman–Crippen MR) is 66.6 cm³/mol. The SMILES string of the molecule is CCC(CC)(CBr)COCC1CCOC1. The van der Waals surface area contributed by atoms with Crippen LogP contribution in [0.3, 0.4) is 0 Å².